The topological polar surface area (TPSA) is 77.6 Å². The van der Waals surface area contributed by atoms with Crippen molar-refractivity contribution in [2.24, 2.45) is 5.73 Å². The number of rotatable bonds is 4. The first-order valence-electron chi connectivity index (χ1n) is 7.37. The average molecular weight is 358 g/mol. The van der Waals surface area contributed by atoms with Gasteiger partial charge in [-0.05, 0) is 25.1 Å². The molecule has 1 aromatic heterocycles. The van der Waals surface area contributed by atoms with Gasteiger partial charge in [0.25, 0.3) is 5.56 Å². The summed E-state index contributed by atoms with van der Waals surface area (Å²) in [6, 6.07) is 7.42. The van der Waals surface area contributed by atoms with Crippen molar-refractivity contribution in [2.45, 2.75) is 19.1 Å². The Hall–Kier alpha value is -1.41. The van der Waals surface area contributed by atoms with Gasteiger partial charge in [0.2, 0.25) is 5.91 Å². The Labute approximate surface area is 144 Å². The van der Waals surface area contributed by atoms with Crippen molar-refractivity contribution in [3.8, 4) is 0 Å². The van der Waals surface area contributed by atoms with E-state index in [-0.39, 0.29) is 36.5 Å². The maximum Gasteiger partial charge on any atom is 0.268 e. The quantitative estimate of drug-likeness (QED) is 0.887. The lowest BCUT2D eigenvalue weighted by Crippen LogP contribution is -2.47. The van der Waals surface area contributed by atoms with Crippen LogP contribution in [0.2, 0.25) is 0 Å². The third-order valence-corrected chi connectivity index (χ3v) is 4.88. The first-order valence-corrected chi connectivity index (χ1v) is 8.14. The van der Waals surface area contributed by atoms with Crippen molar-refractivity contribution < 1.29 is 9.53 Å². The normalized spacial score (nSPS) is 18.0. The minimum Gasteiger partial charge on any atom is -0.374 e. The molecule has 3 rings (SSSR count). The molecule has 1 aromatic carbocycles. The standard InChI is InChI=1S/C15H19N3O3S.ClH/c16-6-5-11-9-17(7-8-21-11)14(19)10-18-15(20)12-3-1-2-4-13(12)22-18;/h1-4,11H,5-10,16H2;1H. The number of carbonyl (C=O) groups excluding carboxylic acids is 1. The Morgan fingerprint density at radius 2 is 2.17 bits per heavy atom. The number of hydrogen-bond acceptors (Lipinski definition) is 5. The Morgan fingerprint density at radius 3 is 2.91 bits per heavy atom. The van der Waals surface area contributed by atoms with Crippen LogP contribution in [0.5, 0.6) is 0 Å². The fourth-order valence-corrected chi connectivity index (χ4v) is 3.64. The molecule has 23 heavy (non-hydrogen) atoms. The van der Waals surface area contributed by atoms with Crippen LogP contribution in [0.1, 0.15) is 6.42 Å². The molecule has 8 heteroatoms. The molecular formula is C15H20ClN3O3S. The number of aromatic nitrogens is 1. The monoisotopic (exact) mass is 357 g/mol. The molecule has 2 aromatic rings. The van der Waals surface area contributed by atoms with Crippen LogP contribution in [0.25, 0.3) is 10.1 Å². The number of nitrogens with zero attached hydrogens (tertiary/aromatic N) is 2. The molecule has 1 unspecified atom stereocenters. The van der Waals surface area contributed by atoms with Crippen LogP contribution in [0.4, 0.5) is 0 Å². The first-order chi connectivity index (χ1) is 10.7. The second-order valence-electron chi connectivity index (χ2n) is 5.34. The molecule has 0 bridgehead atoms. The van der Waals surface area contributed by atoms with Crippen molar-refractivity contribution in [1.82, 2.24) is 8.86 Å². The second kappa shape index (κ2) is 7.92. The van der Waals surface area contributed by atoms with Gasteiger partial charge in [-0.2, -0.15) is 0 Å². The number of hydrogen-bond donors (Lipinski definition) is 1. The average Bonchev–Trinajstić information content (AvgIpc) is 2.85. The summed E-state index contributed by atoms with van der Waals surface area (Å²) in [5.41, 5.74) is 5.44. The molecule has 1 atom stereocenters. The fourth-order valence-electron chi connectivity index (χ4n) is 2.65. The molecule has 6 nitrogen and oxygen atoms in total. The summed E-state index contributed by atoms with van der Waals surface area (Å²) in [4.78, 5) is 26.5. The zero-order valence-corrected chi connectivity index (χ0v) is 14.3. The smallest absolute Gasteiger partial charge is 0.268 e. The van der Waals surface area contributed by atoms with E-state index in [1.54, 1.807) is 11.0 Å². The van der Waals surface area contributed by atoms with Crippen LogP contribution < -0.4 is 11.3 Å². The van der Waals surface area contributed by atoms with Gasteiger partial charge in [-0.3, -0.25) is 13.5 Å². The summed E-state index contributed by atoms with van der Waals surface area (Å²) in [7, 11) is 0. The highest BCUT2D eigenvalue weighted by molar-refractivity contribution is 7.13. The zero-order valence-electron chi connectivity index (χ0n) is 12.6. The molecule has 1 amide bonds. The lowest BCUT2D eigenvalue weighted by molar-refractivity contribution is -0.139. The fraction of sp³-hybridized carbons (Fsp3) is 0.467. The van der Waals surface area contributed by atoms with E-state index in [4.69, 9.17) is 10.5 Å². The van der Waals surface area contributed by atoms with Crippen LogP contribution in [0.15, 0.2) is 29.1 Å². The van der Waals surface area contributed by atoms with Crippen molar-refractivity contribution in [3.63, 3.8) is 0 Å². The number of halogens is 1. The van der Waals surface area contributed by atoms with Crippen molar-refractivity contribution >= 4 is 39.9 Å². The van der Waals surface area contributed by atoms with Gasteiger partial charge >= 0.3 is 0 Å². The molecule has 0 radical (unpaired) electrons. The van der Waals surface area contributed by atoms with Crippen LogP contribution in [-0.4, -0.2) is 47.1 Å². The highest BCUT2D eigenvalue weighted by atomic mass is 35.5. The largest absolute Gasteiger partial charge is 0.374 e. The van der Waals surface area contributed by atoms with Gasteiger partial charge in [0.15, 0.2) is 0 Å². The number of carbonyl (C=O) groups is 1. The van der Waals surface area contributed by atoms with Crippen molar-refractivity contribution in [1.29, 1.82) is 0 Å². The van der Waals surface area contributed by atoms with Gasteiger partial charge in [0.05, 0.1) is 22.8 Å². The summed E-state index contributed by atoms with van der Waals surface area (Å²) >= 11 is 1.33. The van der Waals surface area contributed by atoms with Gasteiger partial charge in [-0.25, -0.2) is 0 Å². The van der Waals surface area contributed by atoms with Gasteiger partial charge in [-0.1, -0.05) is 23.7 Å². The van der Waals surface area contributed by atoms with Gasteiger partial charge in [0, 0.05) is 13.1 Å². The van der Waals surface area contributed by atoms with Gasteiger partial charge in [-0.15, -0.1) is 12.4 Å². The number of fused-ring (bicyclic) bond motifs is 1. The minimum atomic E-state index is -0.0966. The Kier molecular flexibility index (Phi) is 6.17. The van der Waals surface area contributed by atoms with E-state index in [2.05, 4.69) is 0 Å². The Balaban J connectivity index is 0.00000192. The van der Waals surface area contributed by atoms with Crippen LogP contribution in [-0.2, 0) is 16.1 Å². The number of nitrogens with two attached hydrogens (primary N) is 1. The number of morpholine rings is 1. The van der Waals surface area contributed by atoms with E-state index in [1.807, 2.05) is 18.2 Å². The summed E-state index contributed by atoms with van der Waals surface area (Å²) in [5.74, 6) is -0.0426. The maximum absolute atomic E-state index is 12.4. The predicted octanol–water partition coefficient (Wildman–Crippen LogP) is 1.06. The zero-order chi connectivity index (χ0) is 15.5. The highest BCUT2D eigenvalue weighted by Crippen LogP contribution is 2.16. The number of amides is 1. The highest BCUT2D eigenvalue weighted by Gasteiger charge is 2.24. The lowest BCUT2D eigenvalue weighted by atomic mass is 10.2. The molecule has 0 aliphatic carbocycles. The first kappa shape index (κ1) is 17.9. The summed E-state index contributed by atoms with van der Waals surface area (Å²) < 4.78 is 8.01. The molecule has 1 aliphatic heterocycles. The SMILES string of the molecule is Cl.NCCC1CN(C(=O)Cn2sc3ccccc3c2=O)CCO1. The lowest BCUT2D eigenvalue weighted by Gasteiger charge is -2.32. The molecular weight excluding hydrogens is 338 g/mol. The van der Waals surface area contributed by atoms with Crippen LogP contribution in [0.3, 0.4) is 0 Å². The van der Waals surface area contributed by atoms with Crippen molar-refractivity contribution in [2.75, 3.05) is 26.2 Å². The van der Waals surface area contributed by atoms with E-state index in [0.717, 1.165) is 11.1 Å². The molecule has 1 saturated heterocycles. The van der Waals surface area contributed by atoms with Crippen LogP contribution >= 0.6 is 23.9 Å². The van der Waals surface area contributed by atoms with E-state index >= 15 is 0 Å². The minimum absolute atomic E-state index is 0. The molecule has 126 valence electrons. The molecule has 0 spiro atoms. The summed E-state index contributed by atoms with van der Waals surface area (Å²) in [5, 5.41) is 0.670. The molecule has 1 fully saturated rings. The molecule has 1 aliphatic rings. The summed E-state index contributed by atoms with van der Waals surface area (Å²) in [6.07, 6.45) is 0.744. The van der Waals surface area contributed by atoms with E-state index in [9.17, 15) is 9.59 Å². The maximum atomic E-state index is 12.4. The van der Waals surface area contributed by atoms with E-state index < -0.39 is 0 Å². The number of ether oxygens (including phenoxy) is 1. The van der Waals surface area contributed by atoms with Crippen molar-refractivity contribution in [3.05, 3.63) is 34.6 Å². The van der Waals surface area contributed by atoms with Crippen LogP contribution in [0, 0.1) is 0 Å². The Bertz CT molecular complexity index is 728. The summed E-state index contributed by atoms with van der Waals surface area (Å²) in [6.45, 7) is 2.28. The second-order valence-corrected chi connectivity index (χ2v) is 6.40. The third kappa shape index (κ3) is 3.92. The molecule has 0 saturated carbocycles. The molecule has 2 heterocycles. The van der Waals surface area contributed by atoms with Gasteiger partial charge in [0.1, 0.15) is 6.54 Å². The molecule has 2 N–H and O–H groups in total. The van der Waals surface area contributed by atoms with E-state index in [1.165, 1.54) is 15.5 Å². The van der Waals surface area contributed by atoms with Gasteiger partial charge < -0.3 is 15.4 Å². The number of benzene rings is 1. The third-order valence-electron chi connectivity index (χ3n) is 3.81. The Morgan fingerprint density at radius 1 is 1.39 bits per heavy atom. The predicted molar refractivity (Wildman–Crippen MR) is 93.3 cm³/mol. The van der Waals surface area contributed by atoms with E-state index in [0.29, 0.717) is 31.6 Å².